The summed E-state index contributed by atoms with van der Waals surface area (Å²) in [5.74, 6) is 0.281. The van der Waals surface area contributed by atoms with Gasteiger partial charge in [-0.15, -0.1) is 0 Å². The number of likely N-dealkylation sites (tertiary alicyclic amines) is 1. The Hall–Kier alpha value is -1.58. The fourth-order valence-corrected chi connectivity index (χ4v) is 4.74. The topological polar surface area (TPSA) is 96.7 Å². The molecule has 1 aromatic rings. The van der Waals surface area contributed by atoms with Crippen LogP contribution in [0.25, 0.3) is 0 Å². The standard InChI is InChI=1S/C18H28N4O4S/c1-13(23)20-14-10-26-18(12-17(14,2)25)4-7-22(8-5-18)15(24)11-27-16-19-6-9-21(16)3/h6,9,14,25H,4-5,7-8,10-12H2,1-3H3,(H,20,23)/t14-,17-/m0/s1. The number of rotatable bonds is 4. The maximum absolute atomic E-state index is 12.5. The van der Waals surface area contributed by atoms with Gasteiger partial charge < -0.3 is 24.6 Å². The highest BCUT2D eigenvalue weighted by molar-refractivity contribution is 7.99. The van der Waals surface area contributed by atoms with E-state index >= 15 is 0 Å². The van der Waals surface area contributed by atoms with E-state index in [1.165, 1.54) is 18.7 Å². The monoisotopic (exact) mass is 396 g/mol. The molecule has 9 heteroatoms. The predicted molar refractivity (Wildman–Crippen MR) is 101 cm³/mol. The van der Waals surface area contributed by atoms with Gasteiger partial charge in [0, 0.05) is 45.9 Å². The number of aliphatic hydroxyl groups is 1. The molecule has 1 aromatic heterocycles. The number of imidazole rings is 1. The number of hydrogen-bond acceptors (Lipinski definition) is 6. The Morgan fingerprint density at radius 1 is 1.44 bits per heavy atom. The minimum Gasteiger partial charge on any atom is -0.388 e. The van der Waals surface area contributed by atoms with Crippen molar-refractivity contribution in [3.63, 3.8) is 0 Å². The van der Waals surface area contributed by atoms with E-state index in [9.17, 15) is 14.7 Å². The Morgan fingerprint density at radius 3 is 2.70 bits per heavy atom. The summed E-state index contributed by atoms with van der Waals surface area (Å²) in [5, 5.41) is 14.4. The lowest BCUT2D eigenvalue weighted by molar-refractivity contribution is -0.189. The molecule has 3 heterocycles. The molecule has 2 fully saturated rings. The van der Waals surface area contributed by atoms with Crippen LogP contribution in [0.5, 0.6) is 0 Å². The highest BCUT2D eigenvalue weighted by Gasteiger charge is 2.49. The number of carbonyl (C=O) groups excluding carboxylic acids is 2. The molecule has 150 valence electrons. The van der Waals surface area contributed by atoms with Gasteiger partial charge in [-0.1, -0.05) is 11.8 Å². The number of amides is 2. The van der Waals surface area contributed by atoms with Crippen LogP contribution in [0.4, 0.5) is 0 Å². The van der Waals surface area contributed by atoms with Gasteiger partial charge in [-0.05, 0) is 19.8 Å². The lowest BCUT2D eigenvalue weighted by atomic mass is 9.75. The first-order valence-corrected chi connectivity index (χ1v) is 10.2. The average molecular weight is 397 g/mol. The minimum atomic E-state index is -1.02. The number of piperidine rings is 1. The van der Waals surface area contributed by atoms with Crippen molar-refractivity contribution in [3.05, 3.63) is 12.4 Å². The van der Waals surface area contributed by atoms with Gasteiger partial charge in [0.25, 0.3) is 0 Å². The molecule has 0 radical (unpaired) electrons. The third-order valence-corrected chi connectivity index (χ3v) is 6.54. The first kappa shape index (κ1) is 20.2. The molecule has 2 aliphatic rings. The molecule has 0 unspecified atom stereocenters. The number of aromatic nitrogens is 2. The largest absolute Gasteiger partial charge is 0.388 e. The van der Waals surface area contributed by atoms with Crippen molar-refractivity contribution in [2.24, 2.45) is 7.05 Å². The van der Waals surface area contributed by atoms with Crippen LogP contribution >= 0.6 is 11.8 Å². The van der Waals surface area contributed by atoms with Crippen molar-refractivity contribution in [1.82, 2.24) is 19.8 Å². The summed E-state index contributed by atoms with van der Waals surface area (Å²) in [4.78, 5) is 29.9. The molecular weight excluding hydrogens is 368 g/mol. The van der Waals surface area contributed by atoms with E-state index in [0.717, 1.165) is 5.16 Å². The van der Waals surface area contributed by atoms with Crippen LogP contribution < -0.4 is 5.32 Å². The van der Waals surface area contributed by atoms with Crippen molar-refractivity contribution >= 4 is 23.6 Å². The predicted octanol–water partition coefficient (Wildman–Crippen LogP) is 0.549. The average Bonchev–Trinajstić information content (AvgIpc) is 3.00. The molecule has 2 aliphatic heterocycles. The van der Waals surface area contributed by atoms with Crippen molar-refractivity contribution < 1.29 is 19.4 Å². The van der Waals surface area contributed by atoms with Crippen LogP contribution in [0.2, 0.25) is 0 Å². The molecule has 0 aliphatic carbocycles. The van der Waals surface area contributed by atoms with Crippen molar-refractivity contribution in [3.8, 4) is 0 Å². The highest BCUT2D eigenvalue weighted by atomic mass is 32.2. The molecule has 2 amide bonds. The van der Waals surface area contributed by atoms with E-state index in [1.54, 1.807) is 13.1 Å². The van der Waals surface area contributed by atoms with Crippen LogP contribution in [0.3, 0.4) is 0 Å². The second-order valence-corrected chi connectivity index (χ2v) is 8.71. The molecule has 3 rings (SSSR count). The van der Waals surface area contributed by atoms with E-state index in [4.69, 9.17) is 4.74 Å². The van der Waals surface area contributed by atoms with Crippen LogP contribution in [0.15, 0.2) is 17.6 Å². The van der Waals surface area contributed by atoms with Crippen LogP contribution in [0.1, 0.15) is 33.1 Å². The van der Waals surface area contributed by atoms with Gasteiger partial charge in [0.2, 0.25) is 11.8 Å². The Labute approximate surface area is 163 Å². The van der Waals surface area contributed by atoms with Gasteiger partial charge >= 0.3 is 0 Å². The fraction of sp³-hybridized carbons (Fsp3) is 0.722. The highest BCUT2D eigenvalue weighted by Crippen LogP contribution is 2.39. The minimum absolute atomic E-state index is 0.0940. The Morgan fingerprint density at radius 2 is 2.15 bits per heavy atom. The number of hydrogen-bond donors (Lipinski definition) is 2. The molecule has 2 saturated heterocycles. The quantitative estimate of drug-likeness (QED) is 0.722. The Kier molecular flexibility index (Phi) is 5.83. The third kappa shape index (κ3) is 4.64. The first-order chi connectivity index (χ1) is 12.7. The number of ether oxygens (including phenoxy) is 1. The van der Waals surface area contributed by atoms with Gasteiger partial charge in [-0.25, -0.2) is 4.98 Å². The molecule has 2 N–H and O–H groups in total. The second kappa shape index (κ2) is 7.81. The van der Waals surface area contributed by atoms with E-state index in [-0.39, 0.29) is 18.4 Å². The Bertz CT molecular complexity index is 697. The number of nitrogens with one attached hydrogen (secondary N) is 1. The van der Waals surface area contributed by atoms with Crippen molar-refractivity contribution in [2.45, 2.75) is 55.5 Å². The first-order valence-electron chi connectivity index (χ1n) is 9.22. The second-order valence-electron chi connectivity index (χ2n) is 7.77. The lowest BCUT2D eigenvalue weighted by Gasteiger charge is -2.51. The van der Waals surface area contributed by atoms with E-state index in [1.807, 2.05) is 22.7 Å². The summed E-state index contributed by atoms with van der Waals surface area (Å²) in [6, 6.07) is -0.408. The smallest absolute Gasteiger partial charge is 0.233 e. The van der Waals surface area contributed by atoms with Gasteiger partial charge in [-0.3, -0.25) is 9.59 Å². The lowest BCUT2D eigenvalue weighted by Crippen LogP contribution is -2.64. The SMILES string of the molecule is CC(=O)N[C@H]1COC2(CCN(C(=O)CSc3nccn3C)CC2)C[C@]1(C)O. The van der Waals surface area contributed by atoms with Crippen LogP contribution in [0, 0.1) is 0 Å². The Balaban J connectivity index is 1.51. The molecular formula is C18H28N4O4S. The molecule has 2 atom stereocenters. The van der Waals surface area contributed by atoms with Gasteiger partial charge in [0.15, 0.2) is 5.16 Å². The van der Waals surface area contributed by atoms with Crippen molar-refractivity contribution in [1.29, 1.82) is 0 Å². The van der Waals surface area contributed by atoms with Gasteiger partial charge in [0.05, 0.1) is 29.6 Å². The number of carbonyl (C=O) groups is 2. The third-order valence-electron chi connectivity index (χ3n) is 5.49. The van der Waals surface area contributed by atoms with E-state index in [0.29, 0.717) is 38.1 Å². The molecule has 0 aromatic carbocycles. The normalized spacial score (nSPS) is 27.6. The molecule has 1 spiro atoms. The van der Waals surface area contributed by atoms with Crippen molar-refractivity contribution in [2.75, 3.05) is 25.4 Å². The maximum Gasteiger partial charge on any atom is 0.233 e. The summed E-state index contributed by atoms with van der Waals surface area (Å²) in [6.07, 6.45) is 5.41. The maximum atomic E-state index is 12.5. The zero-order valence-corrected chi connectivity index (χ0v) is 16.9. The van der Waals surface area contributed by atoms with Crippen LogP contribution in [-0.4, -0.2) is 74.1 Å². The van der Waals surface area contributed by atoms with Crippen LogP contribution in [-0.2, 0) is 21.4 Å². The zero-order valence-electron chi connectivity index (χ0n) is 16.1. The summed E-state index contributed by atoms with van der Waals surface area (Å²) < 4.78 is 7.98. The summed E-state index contributed by atoms with van der Waals surface area (Å²) in [6.45, 7) is 4.70. The molecule has 0 saturated carbocycles. The fourth-order valence-electron chi connectivity index (χ4n) is 3.90. The zero-order chi connectivity index (χ0) is 19.7. The molecule has 27 heavy (non-hydrogen) atoms. The van der Waals surface area contributed by atoms with E-state index in [2.05, 4.69) is 10.3 Å². The summed E-state index contributed by atoms with van der Waals surface area (Å²) in [7, 11) is 1.91. The van der Waals surface area contributed by atoms with Gasteiger partial charge in [-0.2, -0.15) is 0 Å². The number of nitrogens with zero attached hydrogens (tertiary/aromatic N) is 3. The summed E-state index contributed by atoms with van der Waals surface area (Å²) in [5.41, 5.74) is -1.45. The number of thioether (sulfide) groups is 1. The molecule has 8 nitrogen and oxygen atoms in total. The van der Waals surface area contributed by atoms with Gasteiger partial charge in [0.1, 0.15) is 0 Å². The summed E-state index contributed by atoms with van der Waals surface area (Å²) >= 11 is 1.44. The van der Waals surface area contributed by atoms with E-state index < -0.39 is 17.2 Å². The number of aryl methyl sites for hydroxylation is 1. The molecule has 0 bridgehead atoms.